The monoisotopic (exact) mass is 451 g/mol. The molecule has 0 aliphatic heterocycles. The van der Waals surface area contributed by atoms with Crippen molar-refractivity contribution in [3.63, 3.8) is 0 Å². The van der Waals surface area contributed by atoms with Crippen LogP contribution in [-0.2, 0) is 24.2 Å². The predicted molar refractivity (Wildman–Crippen MR) is 128 cm³/mol. The van der Waals surface area contributed by atoms with Crippen LogP contribution in [0.15, 0.2) is 59.0 Å². The summed E-state index contributed by atoms with van der Waals surface area (Å²) in [5.74, 6) is -0.248. The topological polar surface area (TPSA) is 64.0 Å². The first-order valence-corrected chi connectivity index (χ1v) is 11.4. The standard InChI is InChI=1S/C24H22ClN3O2S/c1-3-15-6-5-7-16(4-2)22(15)27-20(29)12-28-14-26-23-21(24(28)30)19(13-31-23)17-8-10-18(25)11-9-17/h5-11,13-14H,3-4,12H2,1-2H3,(H,27,29). The normalized spacial score (nSPS) is 11.1. The summed E-state index contributed by atoms with van der Waals surface area (Å²) < 4.78 is 1.37. The number of anilines is 1. The molecule has 158 valence electrons. The van der Waals surface area contributed by atoms with Gasteiger partial charge in [-0.1, -0.05) is 55.8 Å². The third-order valence-corrected chi connectivity index (χ3v) is 6.43. The number of benzene rings is 2. The second kappa shape index (κ2) is 9.04. The lowest BCUT2D eigenvalue weighted by atomic mass is 10.0. The molecule has 0 saturated heterocycles. The maximum Gasteiger partial charge on any atom is 0.263 e. The molecule has 1 amide bonds. The molecule has 31 heavy (non-hydrogen) atoms. The van der Waals surface area contributed by atoms with Gasteiger partial charge in [0.05, 0.1) is 11.7 Å². The third-order valence-electron chi connectivity index (χ3n) is 5.29. The smallest absolute Gasteiger partial charge is 0.263 e. The van der Waals surface area contributed by atoms with Crippen molar-refractivity contribution in [3.8, 4) is 11.1 Å². The van der Waals surface area contributed by atoms with E-state index in [2.05, 4.69) is 24.1 Å². The van der Waals surface area contributed by atoms with E-state index in [1.165, 1.54) is 22.2 Å². The Kier molecular flexibility index (Phi) is 6.20. The molecule has 5 nitrogen and oxygen atoms in total. The van der Waals surface area contributed by atoms with E-state index in [1.807, 2.05) is 35.7 Å². The van der Waals surface area contributed by atoms with Crippen LogP contribution in [0, 0.1) is 0 Å². The number of aromatic nitrogens is 2. The van der Waals surface area contributed by atoms with Crippen molar-refractivity contribution in [1.82, 2.24) is 9.55 Å². The lowest BCUT2D eigenvalue weighted by Gasteiger charge is -2.15. The average molecular weight is 452 g/mol. The molecule has 0 unspecified atom stereocenters. The minimum atomic E-state index is -0.248. The predicted octanol–water partition coefficient (Wildman–Crippen LogP) is 5.54. The van der Waals surface area contributed by atoms with E-state index in [0.29, 0.717) is 15.2 Å². The van der Waals surface area contributed by atoms with Gasteiger partial charge in [-0.05, 0) is 41.7 Å². The Hall–Kier alpha value is -2.96. The highest BCUT2D eigenvalue weighted by Crippen LogP contribution is 2.31. The van der Waals surface area contributed by atoms with E-state index in [0.717, 1.165) is 40.8 Å². The SMILES string of the molecule is CCc1cccc(CC)c1NC(=O)Cn1cnc2scc(-c3ccc(Cl)cc3)c2c1=O. The summed E-state index contributed by atoms with van der Waals surface area (Å²) in [6.07, 6.45) is 3.07. The molecule has 0 aliphatic rings. The van der Waals surface area contributed by atoms with Crippen molar-refractivity contribution in [2.24, 2.45) is 0 Å². The lowest BCUT2D eigenvalue weighted by molar-refractivity contribution is -0.116. The zero-order chi connectivity index (χ0) is 22.0. The number of nitrogens with zero attached hydrogens (tertiary/aromatic N) is 2. The van der Waals surface area contributed by atoms with Gasteiger partial charge in [0, 0.05) is 21.7 Å². The number of aryl methyl sites for hydroxylation is 2. The van der Waals surface area contributed by atoms with Gasteiger partial charge in [0.1, 0.15) is 11.4 Å². The van der Waals surface area contributed by atoms with Gasteiger partial charge in [-0.15, -0.1) is 11.3 Å². The Bertz CT molecular complexity index is 1290. The maximum atomic E-state index is 13.2. The minimum Gasteiger partial charge on any atom is -0.324 e. The zero-order valence-corrected chi connectivity index (χ0v) is 18.9. The highest BCUT2D eigenvalue weighted by molar-refractivity contribution is 7.17. The van der Waals surface area contributed by atoms with Crippen LogP contribution in [0.1, 0.15) is 25.0 Å². The highest BCUT2D eigenvalue weighted by atomic mass is 35.5. The molecule has 0 aliphatic carbocycles. The molecule has 4 aromatic rings. The number of hydrogen-bond acceptors (Lipinski definition) is 4. The summed E-state index contributed by atoms with van der Waals surface area (Å²) in [6, 6.07) is 13.4. The van der Waals surface area contributed by atoms with Gasteiger partial charge in [0.15, 0.2) is 0 Å². The molecule has 7 heteroatoms. The number of thiophene rings is 1. The van der Waals surface area contributed by atoms with E-state index in [-0.39, 0.29) is 18.0 Å². The summed E-state index contributed by atoms with van der Waals surface area (Å²) in [4.78, 5) is 31.1. The van der Waals surface area contributed by atoms with Crippen LogP contribution in [0.3, 0.4) is 0 Å². The Morgan fingerprint density at radius 3 is 2.42 bits per heavy atom. The van der Waals surface area contributed by atoms with Crippen LogP contribution in [0.5, 0.6) is 0 Å². The molecule has 2 aromatic heterocycles. The van der Waals surface area contributed by atoms with E-state index < -0.39 is 0 Å². The second-order valence-electron chi connectivity index (χ2n) is 7.22. The molecule has 2 aromatic carbocycles. The number of fused-ring (bicyclic) bond motifs is 1. The summed E-state index contributed by atoms with van der Waals surface area (Å²) in [6.45, 7) is 4.02. The summed E-state index contributed by atoms with van der Waals surface area (Å²) in [7, 11) is 0. The number of halogens is 1. The van der Waals surface area contributed by atoms with Gasteiger partial charge in [-0.25, -0.2) is 4.98 Å². The Labute approximate surface area is 189 Å². The number of para-hydroxylation sites is 1. The number of rotatable bonds is 6. The van der Waals surface area contributed by atoms with Crippen molar-refractivity contribution >= 4 is 44.7 Å². The van der Waals surface area contributed by atoms with E-state index in [4.69, 9.17) is 11.6 Å². The van der Waals surface area contributed by atoms with Gasteiger partial charge in [-0.2, -0.15) is 0 Å². The van der Waals surface area contributed by atoms with Crippen LogP contribution < -0.4 is 10.9 Å². The summed E-state index contributed by atoms with van der Waals surface area (Å²) in [5, 5.41) is 6.08. The molecule has 1 N–H and O–H groups in total. The first kappa shape index (κ1) is 21.3. The van der Waals surface area contributed by atoms with Crippen LogP contribution in [-0.4, -0.2) is 15.5 Å². The molecule has 0 fully saturated rings. The Morgan fingerprint density at radius 1 is 1.10 bits per heavy atom. The number of carbonyl (C=O) groups excluding carboxylic acids is 1. The molecular formula is C24H22ClN3O2S. The molecule has 0 radical (unpaired) electrons. The number of hydrogen-bond donors (Lipinski definition) is 1. The number of amides is 1. The van der Waals surface area contributed by atoms with Crippen LogP contribution in [0.25, 0.3) is 21.3 Å². The quantitative estimate of drug-likeness (QED) is 0.418. The fraction of sp³-hybridized carbons (Fsp3) is 0.208. The van der Waals surface area contributed by atoms with Gasteiger partial charge in [0.2, 0.25) is 5.91 Å². The van der Waals surface area contributed by atoms with Crippen molar-refractivity contribution in [2.45, 2.75) is 33.2 Å². The Balaban J connectivity index is 1.66. The zero-order valence-electron chi connectivity index (χ0n) is 17.3. The Morgan fingerprint density at radius 2 is 1.77 bits per heavy atom. The third kappa shape index (κ3) is 4.27. The molecule has 0 spiro atoms. The van der Waals surface area contributed by atoms with Gasteiger partial charge < -0.3 is 5.32 Å². The largest absolute Gasteiger partial charge is 0.324 e. The lowest BCUT2D eigenvalue weighted by Crippen LogP contribution is -2.28. The van der Waals surface area contributed by atoms with Crippen LogP contribution in [0.2, 0.25) is 5.02 Å². The van der Waals surface area contributed by atoms with Gasteiger partial charge in [0.25, 0.3) is 5.56 Å². The van der Waals surface area contributed by atoms with E-state index in [1.54, 1.807) is 12.1 Å². The summed E-state index contributed by atoms with van der Waals surface area (Å²) in [5.41, 5.74) is 4.46. The van der Waals surface area contributed by atoms with Crippen molar-refractivity contribution in [3.05, 3.63) is 80.7 Å². The van der Waals surface area contributed by atoms with Crippen molar-refractivity contribution < 1.29 is 4.79 Å². The molecule has 0 atom stereocenters. The first-order valence-electron chi connectivity index (χ1n) is 10.1. The fourth-order valence-corrected chi connectivity index (χ4v) is 4.69. The second-order valence-corrected chi connectivity index (χ2v) is 8.52. The van der Waals surface area contributed by atoms with Crippen LogP contribution in [0.4, 0.5) is 5.69 Å². The average Bonchev–Trinajstić information content (AvgIpc) is 3.21. The van der Waals surface area contributed by atoms with Gasteiger partial charge >= 0.3 is 0 Å². The molecule has 4 rings (SSSR count). The maximum absolute atomic E-state index is 13.2. The summed E-state index contributed by atoms with van der Waals surface area (Å²) >= 11 is 7.40. The van der Waals surface area contributed by atoms with Crippen LogP contribution >= 0.6 is 22.9 Å². The number of nitrogens with one attached hydrogen (secondary N) is 1. The molecule has 0 saturated carbocycles. The van der Waals surface area contributed by atoms with Gasteiger partial charge in [-0.3, -0.25) is 14.2 Å². The molecule has 0 bridgehead atoms. The first-order chi connectivity index (χ1) is 15.0. The fourth-order valence-electron chi connectivity index (χ4n) is 3.66. The van der Waals surface area contributed by atoms with Crippen molar-refractivity contribution in [2.75, 3.05) is 5.32 Å². The number of carbonyl (C=O) groups is 1. The highest BCUT2D eigenvalue weighted by Gasteiger charge is 2.16. The molecule has 2 heterocycles. The minimum absolute atomic E-state index is 0.0983. The van der Waals surface area contributed by atoms with E-state index in [9.17, 15) is 9.59 Å². The molecular weight excluding hydrogens is 430 g/mol. The van der Waals surface area contributed by atoms with E-state index >= 15 is 0 Å². The van der Waals surface area contributed by atoms with Crippen molar-refractivity contribution in [1.29, 1.82) is 0 Å².